The van der Waals surface area contributed by atoms with Crippen molar-refractivity contribution in [1.82, 2.24) is 9.38 Å². The second-order valence-corrected chi connectivity index (χ2v) is 7.26. The zero-order chi connectivity index (χ0) is 13.5. The van der Waals surface area contributed by atoms with Crippen molar-refractivity contribution in [3.05, 3.63) is 35.9 Å². The van der Waals surface area contributed by atoms with E-state index in [0.29, 0.717) is 18.8 Å². The summed E-state index contributed by atoms with van der Waals surface area (Å²) in [4.78, 5) is 4.35. The molecule has 0 bridgehead atoms. The third-order valence-corrected chi connectivity index (χ3v) is 5.94. The first-order chi connectivity index (χ1) is 9.13. The Kier molecular flexibility index (Phi) is 3.06. The molecule has 0 aliphatic carbocycles. The van der Waals surface area contributed by atoms with Gasteiger partial charge < -0.3 is 10.1 Å². The zero-order valence-corrected chi connectivity index (χ0v) is 11.4. The summed E-state index contributed by atoms with van der Waals surface area (Å²) in [6, 6.07) is 3.83. The monoisotopic (exact) mass is 279 g/mol. The molecule has 2 aromatic heterocycles. The Labute approximate surface area is 112 Å². The van der Waals surface area contributed by atoms with E-state index in [1.165, 1.54) is 0 Å². The molecule has 0 aromatic carbocycles. The van der Waals surface area contributed by atoms with Gasteiger partial charge in [0.1, 0.15) is 11.1 Å². The lowest BCUT2D eigenvalue weighted by Gasteiger charge is -2.21. The van der Waals surface area contributed by atoms with Crippen molar-refractivity contribution in [2.24, 2.45) is 5.73 Å². The molecule has 5 nitrogen and oxygen atoms in total. The van der Waals surface area contributed by atoms with Crippen LogP contribution in [-0.4, -0.2) is 23.6 Å². The van der Waals surface area contributed by atoms with Gasteiger partial charge in [-0.3, -0.25) is 0 Å². The van der Waals surface area contributed by atoms with Crippen molar-refractivity contribution >= 4 is 15.4 Å². The van der Waals surface area contributed by atoms with Gasteiger partial charge in [0.25, 0.3) is 0 Å². The molecule has 2 aromatic rings. The number of imidazole rings is 1. The normalized spacial score (nSPS) is 22.7. The summed E-state index contributed by atoms with van der Waals surface area (Å²) in [5.74, 6) is 0.897. The molecule has 2 N–H and O–H groups in total. The van der Waals surface area contributed by atoms with Crippen LogP contribution >= 0.6 is 0 Å². The Balaban J connectivity index is 2.16. The van der Waals surface area contributed by atoms with E-state index < -0.39 is 15.1 Å². The lowest BCUT2D eigenvalue weighted by molar-refractivity contribution is 0.538. The fourth-order valence-electron chi connectivity index (χ4n) is 2.76. The number of nitrogens with two attached hydrogens (primary N) is 1. The Morgan fingerprint density at radius 1 is 1.42 bits per heavy atom. The van der Waals surface area contributed by atoms with Crippen molar-refractivity contribution in [2.45, 2.75) is 31.1 Å². The highest BCUT2D eigenvalue weighted by molar-refractivity contribution is 7.91. The van der Waals surface area contributed by atoms with Gasteiger partial charge in [-0.1, -0.05) is 12.5 Å². The van der Waals surface area contributed by atoms with E-state index in [0.717, 1.165) is 23.9 Å². The number of hydrogen-bond acceptors (Lipinski definition) is 4. The summed E-state index contributed by atoms with van der Waals surface area (Å²) in [5.41, 5.74) is 7.58. The van der Waals surface area contributed by atoms with Crippen molar-refractivity contribution in [3.8, 4) is 0 Å². The molecule has 19 heavy (non-hydrogen) atoms. The van der Waals surface area contributed by atoms with E-state index in [4.69, 9.17) is 5.73 Å². The van der Waals surface area contributed by atoms with E-state index in [1.807, 2.05) is 22.7 Å². The molecule has 0 saturated carbocycles. The topological polar surface area (TPSA) is 77.5 Å². The van der Waals surface area contributed by atoms with Crippen LogP contribution in [0.25, 0.3) is 5.52 Å². The van der Waals surface area contributed by atoms with Crippen molar-refractivity contribution < 1.29 is 8.42 Å². The number of nitrogens with zero attached hydrogens (tertiary/aromatic N) is 2. The fourth-order valence-corrected chi connectivity index (χ4v) is 4.67. The molecule has 6 heteroatoms. The first-order valence-electron chi connectivity index (χ1n) is 6.50. The highest BCUT2D eigenvalue weighted by atomic mass is 32.2. The smallest absolute Gasteiger partial charge is 0.160 e. The standard InChI is InChI=1S/C13H17N3O2S/c14-8-10-4-3-6-16-11(10)9-15-13(16)12-5-1-2-7-19(12,17)18/h3-4,6,9,12H,1-2,5,7-8,14H2. The number of hydrogen-bond donors (Lipinski definition) is 1. The molecule has 1 fully saturated rings. The maximum atomic E-state index is 12.2. The highest BCUT2D eigenvalue weighted by Crippen LogP contribution is 2.33. The maximum Gasteiger partial charge on any atom is 0.160 e. The Morgan fingerprint density at radius 3 is 3.00 bits per heavy atom. The molecule has 0 radical (unpaired) electrons. The minimum Gasteiger partial charge on any atom is -0.326 e. The average Bonchev–Trinajstić information content (AvgIpc) is 2.82. The van der Waals surface area contributed by atoms with E-state index in [1.54, 1.807) is 6.20 Å². The molecule has 3 rings (SSSR count). The fraction of sp³-hybridized carbons (Fsp3) is 0.462. The van der Waals surface area contributed by atoms with Crippen LogP contribution in [0.4, 0.5) is 0 Å². The van der Waals surface area contributed by atoms with Gasteiger partial charge >= 0.3 is 0 Å². The summed E-state index contributed by atoms with van der Waals surface area (Å²) in [6.45, 7) is 0.424. The van der Waals surface area contributed by atoms with Gasteiger partial charge in [0.05, 0.1) is 17.5 Å². The summed E-state index contributed by atoms with van der Waals surface area (Å²) < 4.78 is 26.3. The van der Waals surface area contributed by atoms with Crippen LogP contribution in [0.15, 0.2) is 24.5 Å². The molecule has 102 valence electrons. The summed E-state index contributed by atoms with van der Waals surface area (Å²) >= 11 is 0. The van der Waals surface area contributed by atoms with Gasteiger partial charge in [-0.15, -0.1) is 0 Å². The van der Waals surface area contributed by atoms with E-state index in [2.05, 4.69) is 4.98 Å². The molecule has 1 atom stereocenters. The second-order valence-electron chi connectivity index (χ2n) is 4.96. The van der Waals surface area contributed by atoms with Crippen LogP contribution in [0.2, 0.25) is 0 Å². The highest BCUT2D eigenvalue weighted by Gasteiger charge is 2.33. The van der Waals surface area contributed by atoms with Crippen LogP contribution in [-0.2, 0) is 16.4 Å². The van der Waals surface area contributed by atoms with Crippen LogP contribution in [0.1, 0.15) is 35.9 Å². The largest absolute Gasteiger partial charge is 0.326 e. The predicted molar refractivity (Wildman–Crippen MR) is 73.5 cm³/mol. The van der Waals surface area contributed by atoms with Gasteiger partial charge in [0.2, 0.25) is 0 Å². The first kappa shape index (κ1) is 12.6. The minimum atomic E-state index is -3.07. The van der Waals surface area contributed by atoms with Crippen LogP contribution in [0.3, 0.4) is 0 Å². The zero-order valence-electron chi connectivity index (χ0n) is 10.6. The van der Waals surface area contributed by atoms with Gasteiger partial charge in [-0.05, 0) is 24.5 Å². The van der Waals surface area contributed by atoms with E-state index in [-0.39, 0.29) is 5.75 Å². The Hall–Kier alpha value is -1.40. The number of pyridine rings is 1. The molecule has 1 aliphatic heterocycles. The third-order valence-electron chi connectivity index (χ3n) is 3.77. The van der Waals surface area contributed by atoms with Gasteiger partial charge in [0, 0.05) is 12.7 Å². The minimum absolute atomic E-state index is 0.267. The number of sulfone groups is 1. The number of aromatic nitrogens is 2. The molecule has 1 unspecified atom stereocenters. The molecule has 3 heterocycles. The maximum absolute atomic E-state index is 12.2. The third kappa shape index (κ3) is 2.04. The van der Waals surface area contributed by atoms with E-state index in [9.17, 15) is 8.42 Å². The molecule has 1 saturated heterocycles. The van der Waals surface area contributed by atoms with Crippen LogP contribution in [0, 0.1) is 0 Å². The lowest BCUT2D eigenvalue weighted by Crippen LogP contribution is -2.23. The number of rotatable bonds is 2. The average molecular weight is 279 g/mol. The summed E-state index contributed by atoms with van der Waals surface area (Å²) in [7, 11) is -3.07. The van der Waals surface area contributed by atoms with Crippen LogP contribution in [0.5, 0.6) is 0 Å². The lowest BCUT2D eigenvalue weighted by atomic mass is 10.2. The van der Waals surface area contributed by atoms with Crippen molar-refractivity contribution in [2.75, 3.05) is 5.75 Å². The van der Waals surface area contributed by atoms with Gasteiger partial charge in [-0.2, -0.15) is 0 Å². The van der Waals surface area contributed by atoms with Gasteiger partial charge in [-0.25, -0.2) is 13.4 Å². The molecule has 0 spiro atoms. The van der Waals surface area contributed by atoms with Crippen molar-refractivity contribution in [3.63, 3.8) is 0 Å². The SMILES string of the molecule is NCc1cccn2c(C3CCCCS3(=O)=O)ncc12. The molecular formula is C13H17N3O2S. The Bertz CT molecular complexity index is 706. The summed E-state index contributed by atoms with van der Waals surface area (Å²) in [6.07, 6.45) is 5.95. The first-order valence-corrected chi connectivity index (χ1v) is 8.21. The second kappa shape index (κ2) is 4.61. The van der Waals surface area contributed by atoms with E-state index >= 15 is 0 Å². The predicted octanol–water partition coefficient (Wildman–Crippen LogP) is 1.43. The molecule has 1 aliphatic rings. The van der Waals surface area contributed by atoms with Gasteiger partial charge in [0.15, 0.2) is 9.84 Å². The summed E-state index contributed by atoms with van der Waals surface area (Å²) in [5, 5.41) is -0.475. The Morgan fingerprint density at radius 2 is 2.26 bits per heavy atom. The quantitative estimate of drug-likeness (QED) is 0.902. The van der Waals surface area contributed by atoms with Crippen molar-refractivity contribution in [1.29, 1.82) is 0 Å². The molecule has 0 amide bonds. The number of fused-ring (bicyclic) bond motifs is 1. The molecular weight excluding hydrogens is 262 g/mol. The van der Waals surface area contributed by atoms with Crippen LogP contribution < -0.4 is 5.73 Å².